The minimum Gasteiger partial charge on any atom is -0.387 e. The number of fused-ring (bicyclic) bond motifs is 1. The Balaban J connectivity index is 1.60. The SMILES string of the molecule is CNC(=O)[C@H]1O[C@@H](n2cnc3c(NCc4cccc(I)c4)ccnc32)[C@@H](O)C1O. The van der Waals surface area contributed by atoms with Crippen LogP contribution >= 0.6 is 22.6 Å². The van der Waals surface area contributed by atoms with Gasteiger partial charge in [-0.15, -0.1) is 0 Å². The first-order valence-corrected chi connectivity index (χ1v) is 10.1. The summed E-state index contributed by atoms with van der Waals surface area (Å²) in [7, 11) is 1.44. The molecule has 3 heterocycles. The molecule has 152 valence electrons. The van der Waals surface area contributed by atoms with Crippen molar-refractivity contribution in [3.8, 4) is 0 Å². The second-order valence-corrected chi connectivity index (χ2v) is 7.95. The predicted molar refractivity (Wildman–Crippen MR) is 114 cm³/mol. The highest BCUT2D eigenvalue weighted by molar-refractivity contribution is 14.1. The van der Waals surface area contributed by atoms with E-state index in [9.17, 15) is 15.0 Å². The van der Waals surface area contributed by atoms with E-state index in [1.54, 1.807) is 6.20 Å². The normalized spacial score (nSPS) is 24.0. The van der Waals surface area contributed by atoms with Crippen molar-refractivity contribution in [3.05, 3.63) is 52.0 Å². The molecule has 1 aliphatic rings. The monoisotopic (exact) mass is 509 g/mol. The number of anilines is 1. The van der Waals surface area contributed by atoms with Crippen LogP contribution in [0.1, 0.15) is 11.8 Å². The molecule has 1 aromatic carbocycles. The number of ether oxygens (including phenoxy) is 1. The number of pyridine rings is 1. The van der Waals surface area contributed by atoms with Crippen molar-refractivity contribution in [3.63, 3.8) is 0 Å². The van der Waals surface area contributed by atoms with E-state index in [0.717, 1.165) is 14.8 Å². The number of halogens is 1. The van der Waals surface area contributed by atoms with Crippen molar-refractivity contribution < 1.29 is 19.7 Å². The van der Waals surface area contributed by atoms with E-state index in [4.69, 9.17) is 4.74 Å². The molecule has 0 spiro atoms. The van der Waals surface area contributed by atoms with Gasteiger partial charge in [0.25, 0.3) is 5.91 Å². The third kappa shape index (κ3) is 3.80. The van der Waals surface area contributed by atoms with E-state index in [1.807, 2.05) is 24.3 Å². The fraction of sp³-hybridized carbons (Fsp3) is 0.316. The molecule has 4 N–H and O–H groups in total. The summed E-state index contributed by atoms with van der Waals surface area (Å²) >= 11 is 2.27. The van der Waals surface area contributed by atoms with Crippen LogP contribution in [0.15, 0.2) is 42.9 Å². The maximum Gasteiger partial charge on any atom is 0.251 e. The first kappa shape index (κ1) is 20.0. The minimum absolute atomic E-state index is 0.478. The molecule has 4 rings (SSSR count). The highest BCUT2D eigenvalue weighted by atomic mass is 127. The third-order valence-electron chi connectivity index (χ3n) is 4.85. The summed E-state index contributed by atoms with van der Waals surface area (Å²) in [5, 5.41) is 26.4. The minimum atomic E-state index is -1.35. The van der Waals surface area contributed by atoms with Crippen LogP contribution in [0.3, 0.4) is 0 Å². The number of likely N-dealkylation sites (N-methyl/N-ethyl adjacent to an activating group) is 1. The number of carbonyl (C=O) groups excluding carboxylic acids is 1. The topological polar surface area (TPSA) is 122 Å². The molecule has 0 radical (unpaired) electrons. The van der Waals surface area contributed by atoms with Crippen LogP contribution < -0.4 is 10.6 Å². The standard InChI is InChI=1S/C19H20IN5O4/c1-21-18(28)16-14(26)15(27)19(29-16)25-9-24-13-12(5-6-22-17(13)25)23-8-10-3-2-4-11(20)7-10/h2-7,9,14-16,19,26-27H,8H2,1H3,(H,21,28)(H,22,23)/t14?,15-,16-,19+/m0/s1. The maximum absolute atomic E-state index is 11.9. The molecule has 1 fully saturated rings. The molecule has 10 heteroatoms. The van der Waals surface area contributed by atoms with E-state index in [1.165, 1.54) is 17.9 Å². The lowest BCUT2D eigenvalue weighted by molar-refractivity contribution is -0.137. The number of hydrogen-bond donors (Lipinski definition) is 4. The van der Waals surface area contributed by atoms with Gasteiger partial charge in [0.1, 0.15) is 17.7 Å². The number of hydrogen-bond acceptors (Lipinski definition) is 7. The molecule has 3 aromatic rings. The number of rotatable bonds is 5. The predicted octanol–water partition coefficient (Wildman–Crippen LogP) is 1.01. The van der Waals surface area contributed by atoms with Gasteiger partial charge in [-0.05, 0) is 46.4 Å². The first-order chi connectivity index (χ1) is 14.0. The van der Waals surface area contributed by atoms with Crippen LogP contribution in [-0.2, 0) is 16.1 Å². The highest BCUT2D eigenvalue weighted by Crippen LogP contribution is 2.32. The number of nitrogens with zero attached hydrogens (tertiary/aromatic N) is 3. The Kier molecular flexibility index (Phi) is 5.67. The van der Waals surface area contributed by atoms with Gasteiger partial charge in [0.15, 0.2) is 18.0 Å². The summed E-state index contributed by atoms with van der Waals surface area (Å²) in [5.74, 6) is -0.503. The molecule has 1 unspecified atom stereocenters. The van der Waals surface area contributed by atoms with Crippen molar-refractivity contribution in [2.24, 2.45) is 0 Å². The lowest BCUT2D eigenvalue weighted by atomic mass is 10.1. The number of aromatic nitrogens is 3. The second-order valence-electron chi connectivity index (χ2n) is 6.71. The zero-order chi connectivity index (χ0) is 20.5. The van der Waals surface area contributed by atoms with E-state index in [0.29, 0.717) is 17.7 Å². The van der Waals surface area contributed by atoms with Gasteiger partial charge in [0.05, 0.1) is 12.0 Å². The molecule has 0 aliphatic carbocycles. The Bertz CT molecular complexity index is 1040. The lowest BCUT2D eigenvalue weighted by Gasteiger charge is -2.16. The Morgan fingerprint density at radius 3 is 2.86 bits per heavy atom. The molecular formula is C19H20IN5O4. The molecule has 4 atom stereocenters. The van der Waals surface area contributed by atoms with Crippen molar-refractivity contribution in [2.75, 3.05) is 12.4 Å². The Hall–Kier alpha value is -2.28. The van der Waals surface area contributed by atoms with E-state index in [-0.39, 0.29) is 0 Å². The maximum atomic E-state index is 11.9. The van der Waals surface area contributed by atoms with Crippen LogP contribution in [0.4, 0.5) is 5.69 Å². The highest BCUT2D eigenvalue weighted by Gasteiger charge is 2.47. The molecule has 2 aromatic heterocycles. The Morgan fingerprint density at radius 1 is 1.28 bits per heavy atom. The summed E-state index contributed by atoms with van der Waals surface area (Å²) < 4.78 is 8.31. The van der Waals surface area contributed by atoms with Crippen molar-refractivity contribution in [1.29, 1.82) is 0 Å². The second kappa shape index (κ2) is 8.22. The van der Waals surface area contributed by atoms with Crippen LogP contribution in [0.2, 0.25) is 0 Å². The van der Waals surface area contributed by atoms with E-state index < -0.39 is 30.4 Å². The average Bonchev–Trinajstić information content (AvgIpc) is 3.28. The first-order valence-electron chi connectivity index (χ1n) is 9.02. The number of carbonyl (C=O) groups is 1. The van der Waals surface area contributed by atoms with Gasteiger partial charge in [-0.1, -0.05) is 12.1 Å². The summed E-state index contributed by atoms with van der Waals surface area (Å²) in [6.07, 6.45) is -1.67. The van der Waals surface area contributed by atoms with Crippen LogP contribution in [-0.4, -0.2) is 56.0 Å². The van der Waals surface area contributed by atoms with Gasteiger partial charge >= 0.3 is 0 Å². The molecule has 0 saturated carbocycles. The van der Waals surface area contributed by atoms with Crippen LogP contribution in [0.25, 0.3) is 11.2 Å². The molecule has 1 aliphatic heterocycles. The van der Waals surface area contributed by atoms with Crippen molar-refractivity contribution in [1.82, 2.24) is 19.9 Å². The van der Waals surface area contributed by atoms with Gasteiger partial charge in [0.2, 0.25) is 0 Å². The summed E-state index contributed by atoms with van der Waals surface area (Å²) in [6.45, 7) is 0.614. The number of benzene rings is 1. The molecule has 1 saturated heterocycles. The van der Waals surface area contributed by atoms with Gasteiger partial charge in [-0.3, -0.25) is 9.36 Å². The Morgan fingerprint density at radius 2 is 2.10 bits per heavy atom. The number of nitrogens with one attached hydrogen (secondary N) is 2. The van der Waals surface area contributed by atoms with Gasteiger partial charge in [-0.25, -0.2) is 9.97 Å². The smallest absolute Gasteiger partial charge is 0.251 e. The fourth-order valence-electron chi connectivity index (χ4n) is 3.36. The van der Waals surface area contributed by atoms with Gasteiger partial charge < -0.3 is 25.6 Å². The number of imidazole rings is 1. The van der Waals surface area contributed by atoms with Gasteiger partial charge in [0, 0.05) is 23.4 Å². The third-order valence-corrected chi connectivity index (χ3v) is 5.52. The van der Waals surface area contributed by atoms with E-state index >= 15 is 0 Å². The molecule has 0 bridgehead atoms. The summed E-state index contributed by atoms with van der Waals surface area (Å²) in [6, 6.07) is 9.98. The van der Waals surface area contributed by atoms with Crippen LogP contribution in [0, 0.1) is 3.57 Å². The van der Waals surface area contributed by atoms with Crippen molar-refractivity contribution in [2.45, 2.75) is 31.1 Å². The van der Waals surface area contributed by atoms with Crippen LogP contribution in [0.5, 0.6) is 0 Å². The molecule has 1 amide bonds. The van der Waals surface area contributed by atoms with E-state index in [2.05, 4.69) is 49.3 Å². The summed E-state index contributed by atoms with van der Waals surface area (Å²) in [4.78, 5) is 20.6. The lowest BCUT2D eigenvalue weighted by Crippen LogP contribution is -2.41. The zero-order valence-electron chi connectivity index (χ0n) is 15.5. The summed E-state index contributed by atoms with van der Waals surface area (Å²) in [5.41, 5.74) is 2.99. The quantitative estimate of drug-likeness (QED) is 0.379. The molecule has 29 heavy (non-hydrogen) atoms. The average molecular weight is 509 g/mol. The molecular weight excluding hydrogens is 489 g/mol. The van der Waals surface area contributed by atoms with Crippen molar-refractivity contribution >= 4 is 45.3 Å². The largest absolute Gasteiger partial charge is 0.387 e. The Labute approximate surface area is 180 Å². The fourth-order valence-corrected chi connectivity index (χ4v) is 3.96. The number of aliphatic hydroxyl groups excluding tert-OH is 2. The number of aliphatic hydroxyl groups is 2. The molecule has 9 nitrogen and oxygen atoms in total. The zero-order valence-corrected chi connectivity index (χ0v) is 17.6. The number of amides is 1. The van der Waals surface area contributed by atoms with Gasteiger partial charge in [-0.2, -0.15) is 0 Å².